The third kappa shape index (κ3) is 2.29. The van der Waals surface area contributed by atoms with Crippen molar-refractivity contribution in [2.24, 2.45) is 0 Å². The fraction of sp³-hybridized carbons (Fsp3) is 0.222. The molecule has 0 aliphatic carbocycles. The zero-order valence-corrected chi connectivity index (χ0v) is 8.43. The number of benzene rings is 1. The summed E-state index contributed by atoms with van der Waals surface area (Å²) in [5, 5.41) is 18.1. The van der Waals surface area contributed by atoms with E-state index in [2.05, 4.69) is 4.74 Å². The van der Waals surface area contributed by atoms with Crippen molar-refractivity contribution >= 4 is 18.6 Å². The number of methoxy groups -OCH3 is 2. The van der Waals surface area contributed by atoms with E-state index < -0.39 is 13.1 Å². The van der Waals surface area contributed by atoms with Gasteiger partial charge < -0.3 is 19.5 Å². The third-order valence-electron chi connectivity index (χ3n) is 1.93. The van der Waals surface area contributed by atoms with Gasteiger partial charge in [-0.05, 0) is 6.07 Å². The van der Waals surface area contributed by atoms with E-state index in [0.717, 1.165) is 0 Å². The van der Waals surface area contributed by atoms with Gasteiger partial charge in [-0.3, -0.25) is 0 Å². The van der Waals surface area contributed by atoms with Gasteiger partial charge >= 0.3 is 13.1 Å². The Kier molecular flexibility index (Phi) is 3.71. The summed E-state index contributed by atoms with van der Waals surface area (Å²) in [6.45, 7) is 0. The molecule has 0 aliphatic rings. The van der Waals surface area contributed by atoms with Crippen LogP contribution >= 0.6 is 0 Å². The number of para-hydroxylation sites is 1. The predicted octanol–water partition coefficient (Wildman–Crippen LogP) is -0.838. The molecule has 80 valence electrons. The molecular weight excluding hydrogens is 199 g/mol. The summed E-state index contributed by atoms with van der Waals surface area (Å²) in [7, 11) is 0.891. The van der Waals surface area contributed by atoms with Crippen LogP contribution in [-0.4, -0.2) is 37.4 Å². The van der Waals surface area contributed by atoms with E-state index in [1.807, 2.05) is 0 Å². The van der Waals surface area contributed by atoms with Crippen molar-refractivity contribution in [2.45, 2.75) is 0 Å². The van der Waals surface area contributed by atoms with E-state index in [9.17, 15) is 4.79 Å². The van der Waals surface area contributed by atoms with Crippen LogP contribution in [0.15, 0.2) is 18.2 Å². The summed E-state index contributed by atoms with van der Waals surface area (Å²) in [6, 6.07) is 4.45. The van der Waals surface area contributed by atoms with E-state index in [-0.39, 0.29) is 16.8 Å². The molecule has 0 radical (unpaired) electrons. The molecule has 0 fully saturated rings. The van der Waals surface area contributed by atoms with Crippen molar-refractivity contribution in [1.29, 1.82) is 0 Å². The van der Waals surface area contributed by atoms with Crippen LogP contribution in [0, 0.1) is 0 Å². The molecule has 0 spiro atoms. The van der Waals surface area contributed by atoms with E-state index in [1.165, 1.54) is 32.4 Å². The minimum atomic E-state index is -1.69. The molecule has 0 saturated carbocycles. The Morgan fingerprint density at radius 1 is 1.33 bits per heavy atom. The number of ether oxygens (including phenoxy) is 2. The fourth-order valence-corrected chi connectivity index (χ4v) is 1.26. The minimum Gasteiger partial charge on any atom is -0.496 e. The number of rotatable bonds is 3. The van der Waals surface area contributed by atoms with Gasteiger partial charge in [0.1, 0.15) is 11.3 Å². The van der Waals surface area contributed by atoms with Gasteiger partial charge in [-0.2, -0.15) is 0 Å². The maximum Gasteiger partial charge on any atom is 0.492 e. The molecule has 0 aliphatic heterocycles. The zero-order chi connectivity index (χ0) is 11.4. The van der Waals surface area contributed by atoms with Crippen LogP contribution in [0.3, 0.4) is 0 Å². The highest BCUT2D eigenvalue weighted by atomic mass is 16.5. The van der Waals surface area contributed by atoms with Gasteiger partial charge in [0.15, 0.2) is 0 Å². The molecule has 0 atom stereocenters. The zero-order valence-electron chi connectivity index (χ0n) is 8.43. The fourth-order valence-electron chi connectivity index (χ4n) is 1.26. The minimum absolute atomic E-state index is 0.111. The molecule has 6 heteroatoms. The molecule has 2 N–H and O–H groups in total. The number of esters is 1. The highest BCUT2D eigenvalue weighted by Gasteiger charge is 2.22. The van der Waals surface area contributed by atoms with Crippen molar-refractivity contribution in [3.8, 4) is 5.75 Å². The lowest BCUT2D eigenvalue weighted by atomic mass is 9.78. The lowest BCUT2D eigenvalue weighted by molar-refractivity contribution is 0.0597. The SMILES string of the molecule is COC(=O)c1cccc(B(O)O)c1OC. The smallest absolute Gasteiger partial charge is 0.492 e. The molecule has 0 saturated heterocycles. The number of hydrogen-bond donors (Lipinski definition) is 2. The van der Waals surface area contributed by atoms with Gasteiger partial charge in [0.25, 0.3) is 0 Å². The Morgan fingerprint density at radius 2 is 2.00 bits per heavy atom. The Labute approximate surface area is 87.4 Å². The van der Waals surface area contributed by atoms with Crippen molar-refractivity contribution in [1.82, 2.24) is 0 Å². The molecule has 0 aromatic heterocycles. The van der Waals surface area contributed by atoms with E-state index >= 15 is 0 Å². The van der Waals surface area contributed by atoms with E-state index in [4.69, 9.17) is 14.8 Å². The standard InChI is InChI=1S/C9H11BO5/c1-14-8-6(9(11)15-2)4-3-5-7(8)10(12)13/h3-5,12-13H,1-2H3. The summed E-state index contributed by atoms with van der Waals surface area (Å²) >= 11 is 0. The second kappa shape index (κ2) is 4.81. The van der Waals surface area contributed by atoms with Crippen LogP contribution in [0.2, 0.25) is 0 Å². The van der Waals surface area contributed by atoms with E-state index in [1.54, 1.807) is 0 Å². The van der Waals surface area contributed by atoms with Gasteiger partial charge in [0.05, 0.1) is 14.2 Å². The second-order valence-corrected chi connectivity index (χ2v) is 2.79. The molecule has 15 heavy (non-hydrogen) atoms. The summed E-state index contributed by atoms with van der Waals surface area (Å²) in [6.07, 6.45) is 0. The monoisotopic (exact) mass is 210 g/mol. The van der Waals surface area contributed by atoms with Gasteiger partial charge in [0.2, 0.25) is 0 Å². The van der Waals surface area contributed by atoms with Crippen LogP contribution in [0.1, 0.15) is 10.4 Å². The maximum atomic E-state index is 11.3. The highest BCUT2D eigenvalue weighted by molar-refractivity contribution is 6.60. The summed E-state index contributed by atoms with van der Waals surface area (Å²) < 4.78 is 9.47. The van der Waals surface area contributed by atoms with Gasteiger partial charge in [-0.15, -0.1) is 0 Å². The van der Waals surface area contributed by atoms with Gasteiger partial charge in [-0.1, -0.05) is 12.1 Å². The Hall–Kier alpha value is -1.53. The van der Waals surface area contributed by atoms with Crippen LogP contribution in [-0.2, 0) is 4.74 Å². The Balaban J connectivity index is 3.28. The molecule has 1 rings (SSSR count). The molecule has 1 aromatic rings. The first-order valence-corrected chi connectivity index (χ1v) is 4.23. The highest BCUT2D eigenvalue weighted by Crippen LogP contribution is 2.16. The van der Waals surface area contributed by atoms with Crippen LogP contribution in [0.5, 0.6) is 5.75 Å². The molecule has 1 aromatic carbocycles. The lowest BCUT2D eigenvalue weighted by Crippen LogP contribution is -2.32. The summed E-state index contributed by atoms with van der Waals surface area (Å²) in [5.74, 6) is -0.478. The van der Waals surface area contributed by atoms with Gasteiger partial charge in [0, 0.05) is 5.46 Å². The largest absolute Gasteiger partial charge is 0.496 e. The molecule has 5 nitrogen and oxygen atoms in total. The second-order valence-electron chi connectivity index (χ2n) is 2.79. The maximum absolute atomic E-state index is 11.3. The number of carbonyl (C=O) groups is 1. The number of hydrogen-bond acceptors (Lipinski definition) is 5. The molecule has 0 unspecified atom stereocenters. The van der Waals surface area contributed by atoms with Crippen molar-refractivity contribution < 1.29 is 24.3 Å². The average molecular weight is 210 g/mol. The normalized spacial score (nSPS) is 9.60. The third-order valence-corrected chi connectivity index (χ3v) is 1.93. The number of carbonyl (C=O) groups excluding carboxylic acids is 1. The first-order chi connectivity index (χ1) is 7.11. The predicted molar refractivity (Wildman–Crippen MR) is 54.2 cm³/mol. The molecule has 0 amide bonds. The summed E-state index contributed by atoms with van der Waals surface area (Å²) in [5.41, 5.74) is 0.283. The van der Waals surface area contributed by atoms with Crippen LogP contribution in [0.4, 0.5) is 0 Å². The molecule has 0 heterocycles. The first-order valence-electron chi connectivity index (χ1n) is 4.23. The van der Waals surface area contributed by atoms with Crippen LogP contribution < -0.4 is 10.2 Å². The topological polar surface area (TPSA) is 76.0 Å². The molecular formula is C9H11BO5. The quantitative estimate of drug-likeness (QED) is 0.502. The lowest BCUT2D eigenvalue weighted by Gasteiger charge is -2.11. The Morgan fingerprint density at radius 3 is 2.47 bits per heavy atom. The van der Waals surface area contributed by atoms with Crippen molar-refractivity contribution in [3.63, 3.8) is 0 Å². The average Bonchev–Trinajstić information content (AvgIpc) is 2.26. The van der Waals surface area contributed by atoms with E-state index in [0.29, 0.717) is 0 Å². The van der Waals surface area contributed by atoms with Crippen molar-refractivity contribution in [3.05, 3.63) is 23.8 Å². The van der Waals surface area contributed by atoms with Crippen LogP contribution in [0.25, 0.3) is 0 Å². The summed E-state index contributed by atoms with van der Waals surface area (Å²) in [4.78, 5) is 11.3. The molecule has 0 bridgehead atoms. The Bertz CT molecular complexity index is 364. The van der Waals surface area contributed by atoms with Gasteiger partial charge in [-0.25, -0.2) is 4.79 Å². The van der Waals surface area contributed by atoms with Crippen molar-refractivity contribution in [2.75, 3.05) is 14.2 Å². The first kappa shape index (κ1) is 11.5.